The van der Waals surface area contributed by atoms with E-state index in [0.717, 1.165) is 0 Å². The summed E-state index contributed by atoms with van der Waals surface area (Å²) in [6.45, 7) is 2.79. The molecule has 0 heterocycles. The second kappa shape index (κ2) is 6.50. The zero-order valence-electron chi connectivity index (χ0n) is 9.00. The Balaban J connectivity index is 2.40. The van der Waals surface area contributed by atoms with E-state index in [1.54, 1.807) is 25.3 Å². The molecule has 0 aliphatic carbocycles. The Kier molecular flexibility index (Phi) is 5.25. The fraction of sp³-hybridized carbons (Fsp3) is 0.455. The van der Waals surface area contributed by atoms with E-state index in [4.69, 9.17) is 9.57 Å². The summed E-state index contributed by atoms with van der Waals surface area (Å²) in [6, 6.07) is 6.45. The van der Waals surface area contributed by atoms with Crippen molar-refractivity contribution in [3.8, 4) is 0 Å². The van der Waals surface area contributed by atoms with Crippen LogP contribution in [0.15, 0.2) is 24.3 Å². The minimum atomic E-state index is -0.229. The Morgan fingerprint density at radius 3 is 2.73 bits per heavy atom. The van der Waals surface area contributed by atoms with Crippen LogP contribution in [-0.2, 0) is 9.57 Å². The molecule has 1 aromatic rings. The van der Waals surface area contributed by atoms with Gasteiger partial charge in [0.2, 0.25) is 0 Å². The molecule has 0 aliphatic rings. The van der Waals surface area contributed by atoms with Gasteiger partial charge < -0.3 is 4.74 Å². The van der Waals surface area contributed by atoms with E-state index in [1.165, 1.54) is 6.07 Å². The molecule has 0 bridgehead atoms. The van der Waals surface area contributed by atoms with E-state index in [9.17, 15) is 4.39 Å². The third-order valence-corrected chi connectivity index (χ3v) is 2.02. The van der Waals surface area contributed by atoms with Gasteiger partial charge in [-0.1, -0.05) is 18.2 Å². The molecule has 3 nitrogen and oxygen atoms in total. The van der Waals surface area contributed by atoms with Crippen molar-refractivity contribution < 1.29 is 14.0 Å². The number of hydrogen-bond donors (Lipinski definition) is 1. The predicted molar refractivity (Wildman–Crippen MR) is 55.8 cm³/mol. The Hall–Kier alpha value is -0.970. The Morgan fingerprint density at radius 1 is 1.33 bits per heavy atom. The maximum Gasteiger partial charge on any atom is 0.128 e. The number of hydroxylamine groups is 1. The van der Waals surface area contributed by atoms with Crippen LogP contribution in [-0.4, -0.2) is 20.3 Å². The normalized spacial score (nSPS) is 12.7. The molecule has 84 valence electrons. The van der Waals surface area contributed by atoms with Crippen LogP contribution >= 0.6 is 0 Å². The van der Waals surface area contributed by atoms with Crippen LogP contribution in [0.5, 0.6) is 0 Å². The molecule has 0 aromatic heterocycles. The second-order valence-electron chi connectivity index (χ2n) is 3.20. The van der Waals surface area contributed by atoms with Crippen molar-refractivity contribution in [2.24, 2.45) is 0 Å². The summed E-state index contributed by atoms with van der Waals surface area (Å²) >= 11 is 0. The molecule has 0 fully saturated rings. The van der Waals surface area contributed by atoms with E-state index in [0.29, 0.717) is 18.8 Å². The van der Waals surface area contributed by atoms with E-state index in [2.05, 4.69) is 5.48 Å². The minimum absolute atomic E-state index is 0.178. The van der Waals surface area contributed by atoms with Crippen molar-refractivity contribution >= 4 is 0 Å². The van der Waals surface area contributed by atoms with Gasteiger partial charge in [-0.3, -0.25) is 4.84 Å². The highest BCUT2D eigenvalue weighted by molar-refractivity contribution is 5.20. The zero-order chi connectivity index (χ0) is 11.1. The lowest BCUT2D eigenvalue weighted by molar-refractivity contribution is -0.00977. The summed E-state index contributed by atoms with van der Waals surface area (Å²) in [5.74, 6) is -0.229. The first kappa shape index (κ1) is 12.1. The van der Waals surface area contributed by atoms with Gasteiger partial charge in [0.1, 0.15) is 5.82 Å². The lowest BCUT2D eigenvalue weighted by Crippen LogP contribution is -2.22. The number of benzene rings is 1. The molecular weight excluding hydrogens is 197 g/mol. The van der Waals surface area contributed by atoms with Crippen LogP contribution in [0.3, 0.4) is 0 Å². The van der Waals surface area contributed by atoms with Crippen molar-refractivity contribution in [3.05, 3.63) is 35.6 Å². The Bertz CT molecular complexity index is 294. The van der Waals surface area contributed by atoms with Gasteiger partial charge >= 0.3 is 0 Å². The van der Waals surface area contributed by atoms with Gasteiger partial charge in [-0.15, -0.1) is 0 Å². The van der Waals surface area contributed by atoms with E-state index < -0.39 is 0 Å². The van der Waals surface area contributed by atoms with Crippen molar-refractivity contribution in [2.75, 3.05) is 20.3 Å². The fourth-order valence-electron chi connectivity index (χ4n) is 1.20. The molecule has 0 amide bonds. The second-order valence-corrected chi connectivity index (χ2v) is 3.20. The highest BCUT2D eigenvalue weighted by atomic mass is 19.1. The van der Waals surface area contributed by atoms with Crippen LogP contribution < -0.4 is 5.48 Å². The lowest BCUT2D eigenvalue weighted by atomic mass is 10.1. The van der Waals surface area contributed by atoms with Crippen LogP contribution in [0.2, 0.25) is 0 Å². The average Bonchev–Trinajstić information content (AvgIpc) is 2.25. The number of methoxy groups -OCH3 is 1. The predicted octanol–water partition coefficient (Wildman–Crippen LogP) is 2.05. The zero-order valence-corrected chi connectivity index (χ0v) is 9.00. The standard InChI is InChI=1S/C11H16FNO2/c1-9(13-15-8-7-14-2)10-5-3-4-6-11(10)12/h3-6,9,13H,7-8H2,1-2H3. The number of ether oxygens (including phenoxy) is 1. The molecule has 0 spiro atoms. The molecule has 4 heteroatoms. The molecule has 1 unspecified atom stereocenters. The van der Waals surface area contributed by atoms with Crippen molar-refractivity contribution in [3.63, 3.8) is 0 Å². The molecule has 15 heavy (non-hydrogen) atoms. The van der Waals surface area contributed by atoms with Crippen molar-refractivity contribution in [1.29, 1.82) is 0 Å². The highest BCUT2D eigenvalue weighted by Gasteiger charge is 2.09. The summed E-state index contributed by atoms with van der Waals surface area (Å²) in [6.07, 6.45) is 0. The maximum atomic E-state index is 13.3. The highest BCUT2D eigenvalue weighted by Crippen LogP contribution is 2.15. The van der Waals surface area contributed by atoms with Crippen molar-refractivity contribution in [2.45, 2.75) is 13.0 Å². The van der Waals surface area contributed by atoms with Gasteiger partial charge in [-0.05, 0) is 13.0 Å². The van der Waals surface area contributed by atoms with Gasteiger partial charge in [0.15, 0.2) is 0 Å². The SMILES string of the molecule is COCCONC(C)c1ccccc1F. The van der Waals surface area contributed by atoms with Crippen LogP contribution in [0.25, 0.3) is 0 Å². The minimum Gasteiger partial charge on any atom is -0.382 e. The van der Waals surface area contributed by atoms with Crippen LogP contribution in [0.4, 0.5) is 4.39 Å². The number of rotatable bonds is 6. The summed E-state index contributed by atoms with van der Waals surface area (Å²) < 4.78 is 18.1. The smallest absolute Gasteiger partial charge is 0.128 e. The van der Waals surface area contributed by atoms with Gasteiger partial charge in [0.05, 0.1) is 19.3 Å². The molecule has 0 saturated heterocycles. The quantitative estimate of drug-likeness (QED) is 0.579. The summed E-state index contributed by atoms with van der Waals surface area (Å²) in [5, 5.41) is 0. The molecule has 1 aromatic carbocycles. The van der Waals surface area contributed by atoms with E-state index in [-0.39, 0.29) is 11.9 Å². The molecule has 0 aliphatic heterocycles. The summed E-state index contributed by atoms with van der Waals surface area (Å²) in [5.41, 5.74) is 3.35. The topological polar surface area (TPSA) is 30.5 Å². The molecule has 1 rings (SSSR count). The largest absolute Gasteiger partial charge is 0.382 e. The first-order chi connectivity index (χ1) is 7.25. The van der Waals surface area contributed by atoms with Gasteiger partial charge in [0, 0.05) is 12.7 Å². The average molecular weight is 213 g/mol. The van der Waals surface area contributed by atoms with Gasteiger partial charge in [-0.2, -0.15) is 5.48 Å². The Labute approximate surface area is 89.2 Å². The van der Waals surface area contributed by atoms with Crippen molar-refractivity contribution in [1.82, 2.24) is 5.48 Å². The Morgan fingerprint density at radius 2 is 2.07 bits per heavy atom. The molecule has 1 N–H and O–H groups in total. The third kappa shape index (κ3) is 3.95. The van der Waals surface area contributed by atoms with E-state index in [1.807, 2.05) is 6.92 Å². The summed E-state index contributed by atoms with van der Waals surface area (Å²) in [4.78, 5) is 5.10. The number of nitrogens with one attached hydrogen (secondary N) is 1. The fourth-order valence-corrected chi connectivity index (χ4v) is 1.20. The molecule has 0 radical (unpaired) electrons. The first-order valence-electron chi connectivity index (χ1n) is 4.86. The number of hydrogen-bond acceptors (Lipinski definition) is 3. The maximum absolute atomic E-state index is 13.3. The molecular formula is C11H16FNO2. The van der Waals surface area contributed by atoms with E-state index >= 15 is 0 Å². The first-order valence-corrected chi connectivity index (χ1v) is 4.86. The molecule has 1 atom stereocenters. The number of halogens is 1. The van der Waals surface area contributed by atoms with Gasteiger partial charge in [-0.25, -0.2) is 4.39 Å². The van der Waals surface area contributed by atoms with Gasteiger partial charge in [0.25, 0.3) is 0 Å². The van der Waals surface area contributed by atoms with Crippen LogP contribution in [0.1, 0.15) is 18.5 Å². The third-order valence-electron chi connectivity index (χ3n) is 2.02. The lowest BCUT2D eigenvalue weighted by Gasteiger charge is -2.14. The molecule has 0 saturated carbocycles. The summed E-state index contributed by atoms with van der Waals surface area (Å²) in [7, 11) is 1.60. The monoisotopic (exact) mass is 213 g/mol. The van der Waals surface area contributed by atoms with Crippen LogP contribution in [0, 0.1) is 5.82 Å².